The molecule has 3 rings (SSSR count). The molecule has 9 heteroatoms. The molecule has 162 valence electrons. The monoisotopic (exact) mass is 462 g/mol. The summed E-state index contributed by atoms with van der Waals surface area (Å²) in [5.41, 5.74) is 0.752. The van der Waals surface area contributed by atoms with Crippen LogP contribution >= 0.6 is 23.5 Å². The van der Waals surface area contributed by atoms with E-state index in [4.69, 9.17) is 0 Å². The molecule has 1 saturated heterocycles. The Morgan fingerprint density at radius 1 is 1.13 bits per heavy atom. The van der Waals surface area contributed by atoms with E-state index in [0.717, 1.165) is 16.7 Å². The number of carbonyl (C=O) groups is 3. The summed E-state index contributed by atoms with van der Waals surface area (Å²) in [5.74, 6) is -1.48. The highest BCUT2D eigenvalue weighted by Gasteiger charge is 2.34. The summed E-state index contributed by atoms with van der Waals surface area (Å²) in [5, 5.41) is 1.99. The van der Waals surface area contributed by atoms with Gasteiger partial charge in [0.2, 0.25) is 5.91 Å². The SMILES string of the molecule is CC(SCC(=O)NCCN1C(=O)S/C(=C/c2ccccc2F)C1=O)c1ccccc1F. The predicted molar refractivity (Wildman–Crippen MR) is 119 cm³/mol. The molecule has 2 aromatic rings. The van der Waals surface area contributed by atoms with Crippen LogP contribution in [0, 0.1) is 11.6 Å². The lowest BCUT2D eigenvalue weighted by atomic mass is 10.1. The molecule has 1 heterocycles. The van der Waals surface area contributed by atoms with E-state index in [1.54, 1.807) is 24.3 Å². The molecule has 0 aromatic heterocycles. The summed E-state index contributed by atoms with van der Waals surface area (Å²) >= 11 is 2.03. The lowest BCUT2D eigenvalue weighted by Gasteiger charge is -2.14. The Morgan fingerprint density at radius 3 is 2.52 bits per heavy atom. The number of halogens is 2. The number of hydrogen-bond donors (Lipinski definition) is 1. The molecule has 3 amide bonds. The number of amides is 3. The zero-order valence-electron chi connectivity index (χ0n) is 16.6. The summed E-state index contributed by atoms with van der Waals surface area (Å²) in [6, 6.07) is 12.4. The van der Waals surface area contributed by atoms with Crippen molar-refractivity contribution in [3.8, 4) is 0 Å². The maximum atomic E-state index is 13.8. The van der Waals surface area contributed by atoms with Crippen LogP contribution < -0.4 is 5.32 Å². The second-order valence-electron chi connectivity index (χ2n) is 6.68. The van der Waals surface area contributed by atoms with Crippen LogP contribution in [0.15, 0.2) is 53.4 Å². The molecule has 1 unspecified atom stereocenters. The molecule has 2 aromatic carbocycles. The van der Waals surface area contributed by atoms with E-state index in [1.807, 2.05) is 6.92 Å². The lowest BCUT2D eigenvalue weighted by Crippen LogP contribution is -2.37. The van der Waals surface area contributed by atoms with Crippen LogP contribution in [0.5, 0.6) is 0 Å². The second-order valence-corrected chi connectivity index (χ2v) is 9.00. The van der Waals surface area contributed by atoms with Crippen molar-refractivity contribution < 1.29 is 23.2 Å². The summed E-state index contributed by atoms with van der Waals surface area (Å²) in [7, 11) is 0. The van der Waals surface area contributed by atoms with Crippen molar-refractivity contribution in [3.63, 3.8) is 0 Å². The molecule has 1 aliphatic rings. The highest BCUT2D eigenvalue weighted by Crippen LogP contribution is 2.32. The van der Waals surface area contributed by atoms with Gasteiger partial charge in [-0.2, -0.15) is 0 Å². The van der Waals surface area contributed by atoms with Gasteiger partial charge >= 0.3 is 0 Å². The van der Waals surface area contributed by atoms with Crippen molar-refractivity contribution in [3.05, 3.63) is 76.2 Å². The van der Waals surface area contributed by atoms with Gasteiger partial charge in [0.05, 0.1) is 10.7 Å². The number of benzene rings is 2. The normalized spacial score (nSPS) is 16.1. The number of carbonyl (C=O) groups excluding carboxylic acids is 3. The minimum absolute atomic E-state index is 0.0125. The second kappa shape index (κ2) is 10.6. The van der Waals surface area contributed by atoms with E-state index >= 15 is 0 Å². The zero-order valence-corrected chi connectivity index (χ0v) is 18.3. The van der Waals surface area contributed by atoms with Gasteiger partial charge < -0.3 is 5.32 Å². The Balaban J connectivity index is 1.47. The van der Waals surface area contributed by atoms with E-state index in [1.165, 1.54) is 42.1 Å². The van der Waals surface area contributed by atoms with Crippen molar-refractivity contribution >= 4 is 46.7 Å². The number of thioether (sulfide) groups is 2. The number of hydrogen-bond acceptors (Lipinski definition) is 5. The van der Waals surface area contributed by atoms with Crippen molar-refractivity contribution in [2.24, 2.45) is 0 Å². The molecule has 0 bridgehead atoms. The van der Waals surface area contributed by atoms with E-state index in [9.17, 15) is 23.2 Å². The summed E-state index contributed by atoms with van der Waals surface area (Å²) in [6.07, 6.45) is 1.35. The number of nitrogens with one attached hydrogen (secondary N) is 1. The molecule has 31 heavy (non-hydrogen) atoms. The predicted octanol–water partition coefficient (Wildman–Crippen LogP) is 4.61. The van der Waals surface area contributed by atoms with Crippen molar-refractivity contribution in [2.45, 2.75) is 12.2 Å². The maximum absolute atomic E-state index is 13.8. The molecule has 0 radical (unpaired) electrons. The molecule has 0 spiro atoms. The van der Waals surface area contributed by atoms with Gasteiger partial charge in [0, 0.05) is 29.5 Å². The molecule has 1 atom stereocenters. The summed E-state index contributed by atoms with van der Waals surface area (Å²) in [6.45, 7) is 1.93. The van der Waals surface area contributed by atoms with Gasteiger partial charge in [-0.15, -0.1) is 11.8 Å². The Bertz CT molecular complexity index is 1030. The minimum Gasteiger partial charge on any atom is -0.354 e. The highest BCUT2D eigenvalue weighted by atomic mass is 32.2. The third-order valence-electron chi connectivity index (χ3n) is 4.53. The number of nitrogens with zero attached hydrogens (tertiary/aromatic N) is 1. The Morgan fingerprint density at radius 2 is 1.81 bits per heavy atom. The van der Waals surface area contributed by atoms with Gasteiger partial charge in [0.25, 0.3) is 11.1 Å². The van der Waals surface area contributed by atoms with Crippen molar-refractivity contribution in [1.82, 2.24) is 10.2 Å². The quantitative estimate of drug-likeness (QED) is 0.581. The molecule has 0 saturated carbocycles. The smallest absolute Gasteiger partial charge is 0.293 e. The van der Waals surface area contributed by atoms with Crippen molar-refractivity contribution in [1.29, 1.82) is 0 Å². The standard InChI is InChI=1S/C22H20F2N2O3S2/c1-14(16-7-3-5-9-18(16)24)30-13-20(27)25-10-11-26-21(28)19(31-22(26)29)12-15-6-2-4-8-17(15)23/h2-9,12,14H,10-11,13H2,1H3,(H,25,27)/b19-12+. The maximum Gasteiger partial charge on any atom is 0.293 e. The Hall–Kier alpha value is -2.65. The molecule has 0 aliphatic carbocycles. The van der Waals surface area contributed by atoms with E-state index in [2.05, 4.69) is 5.32 Å². The molecule has 1 aliphatic heterocycles. The minimum atomic E-state index is -0.518. The van der Waals surface area contributed by atoms with Gasteiger partial charge in [-0.1, -0.05) is 36.4 Å². The first-order chi connectivity index (χ1) is 14.9. The van der Waals surface area contributed by atoms with Gasteiger partial charge in [-0.3, -0.25) is 19.3 Å². The van der Waals surface area contributed by atoms with Crippen LogP contribution in [0.1, 0.15) is 23.3 Å². The zero-order chi connectivity index (χ0) is 22.4. The molecular weight excluding hydrogens is 442 g/mol. The van der Waals surface area contributed by atoms with Gasteiger partial charge in [-0.25, -0.2) is 8.78 Å². The average Bonchev–Trinajstić information content (AvgIpc) is 3.01. The first-order valence-corrected chi connectivity index (χ1v) is 11.4. The lowest BCUT2D eigenvalue weighted by molar-refractivity contribution is -0.123. The Labute approximate surface area is 187 Å². The van der Waals surface area contributed by atoms with Crippen LogP contribution in [-0.2, 0) is 9.59 Å². The Kier molecular flexibility index (Phi) is 7.86. The summed E-state index contributed by atoms with van der Waals surface area (Å²) < 4.78 is 27.6. The molecular formula is C22H20F2N2O3S2. The van der Waals surface area contributed by atoms with Crippen LogP contribution in [-0.4, -0.2) is 40.8 Å². The third-order valence-corrected chi connectivity index (χ3v) is 6.62. The fourth-order valence-corrected chi connectivity index (χ4v) is 4.61. The van der Waals surface area contributed by atoms with Gasteiger partial charge in [0.1, 0.15) is 11.6 Å². The topological polar surface area (TPSA) is 66.5 Å². The largest absolute Gasteiger partial charge is 0.354 e. The van der Waals surface area contributed by atoms with E-state index in [0.29, 0.717) is 5.56 Å². The van der Waals surface area contributed by atoms with Crippen LogP contribution in [0.3, 0.4) is 0 Å². The fraction of sp³-hybridized carbons (Fsp3) is 0.227. The van der Waals surface area contributed by atoms with Crippen molar-refractivity contribution in [2.75, 3.05) is 18.8 Å². The fourth-order valence-electron chi connectivity index (χ4n) is 2.88. The van der Waals surface area contributed by atoms with Gasteiger partial charge in [-0.05, 0) is 36.9 Å². The summed E-state index contributed by atoms with van der Waals surface area (Å²) in [4.78, 5) is 37.8. The molecule has 1 fully saturated rings. The van der Waals surface area contributed by atoms with Crippen LogP contribution in [0.25, 0.3) is 6.08 Å². The number of imide groups is 1. The molecule has 1 N–H and O–H groups in total. The third kappa shape index (κ3) is 5.95. The first-order valence-electron chi connectivity index (χ1n) is 9.49. The molecule has 5 nitrogen and oxygen atoms in total. The van der Waals surface area contributed by atoms with Crippen LogP contribution in [0.4, 0.5) is 13.6 Å². The highest BCUT2D eigenvalue weighted by molar-refractivity contribution is 8.18. The number of rotatable bonds is 8. The van der Waals surface area contributed by atoms with Crippen LogP contribution in [0.2, 0.25) is 0 Å². The van der Waals surface area contributed by atoms with E-state index in [-0.39, 0.29) is 46.3 Å². The van der Waals surface area contributed by atoms with E-state index < -0.39 is 17.0 Å². The average molecular weight is 463 g/mol. The van der Waals surface area contributed by atoms with Gasteiger partial charge in [0.15, 0.2) is 0 Å². The first kappa shape index (κ1) is 23.0.